The van der Waals surface area contributed by atoms with Gasteiger partial charge in [0, 0.05) is 5.69 Å². The smallest absolute Gasteiger partial charge is 0.330 e. The Morgan fingerprint density at radius 3 is 2.61 bits per heavy atom. The van der Waals surface area contributed by atoms with E-state index in [-0.39, 0.29) is 5.11 Å². The van der Waals surface area contributed by atoms with E-state index in [0.29, 0.717) is 6.61 Å². The van der Waals surface area contributed by atoms with Gasteiger partial charge in [-0.1, -0.05) is 12.7 Å². The Balaban J connectivity index is 2.45. The molecule has 0 aliphatic heterocycles. The highest BCUT2D eigenvalue weighted by molar-refractivity contribution is 7.80. The summed E-state index contributed by atoms with van der Waals surface area (Å²) in [6, 6.07) is 6.44. The summed E-state index contributed by atoms with van der Waals surface area (Å²) >= 11 is 4.92. The second kappa shape index (κ2) is 7.13. The first kappa shape index (κ1) is 13.8. The van der Waals surface area contributed by atoms with E-state index >= 15 is 0 Å². The highest BCUT2D eigenvalue weighted by atomic mass is 32.1. The summed E-state index contributed by atoms with van der Waals surface area (Å²) < 4.78 is 5.33. The summed E-state index contributed by atoms with van der Waals surface area (Å²) in [6.07, 6.45) is 1.67. The van der Waals surface area contributed by atoms with Crippen LogP contribution < -0.4 is 26.6 Å². The molecule has 0 atom stereocenters. The second-order valence-corrected chi connectivity index (χ2v) is 3.60. The Kier molecular flexibility index (Phi) is 5.46. The zero-order chi connectivity index (χ0) is 13.4. The first-order chi connectivity index (χ1) is 8.61. The number of benzene rings is 1. The standard InChI is InChI=1S/C11H14N4O2S/c1-2-7-17-9-5-3-8(4-6-9)13-11(18)15-14-10(12)16/h2-6H,1,7H2,(H3,12,14,16)(H2,13,15,18). The normalized spacial score (nSPS) is 9.11. The van der Waals surface area contributed by atoms with E-state index in [1.807, 2.05) is 0 Å². The van der Waals surface area contributed by atoms with Crippen molar-refractivity contribution in [3.8, 4) is 5.75 Å². The fourth-order valence-electron chi connectivity index (χ4n) is 1.07. The summed E-state index contributed by atoms with van der Waals surface area (Å²) in [5.41, 5.74) is 10.2. The number of rotatable bonds is 4. The molecule has 0 fully saturated rings. The van der Waals surface area contributed by atoms with Gasteiger partial charge in [-0.15, -0.1) is 0 Å². The average Bonchev–Trinajstić information content (AvgIpc) is 2.35. The highest BCUT2D eigenvalue weighted by Crippen LogP contribution is 2.15. The van der Waals surface area contributed by atoms with Crippen molar-refractivity contribution < 1.29 is 9.53 Å². The van der Waals surface area contributed by atoms with E-state index in [1.165, 1.54) is 0 Å². The minimum Gasteiger partial charge on any atom is -0.490 e. The van der Waals surface area contributed by atoms with E-state index in [9.17, 15) is 4.79 Å². The van der Waals surface area contributed by atoms with Crippen LogP contribution in [0.3, 0.4) is 0 Å². The van der Waals surface area contributed by atoms with Crippen molar-refractivity contribution in [3.63, 3.8) is 0 Å². The van der Waals surface area contributed by atoms with E-state index in [4.69, 9.17) is 22.7 Å². The van der Waals surface area contributed by atoms with Gasteiger partial charge in [0.1, 0.15) is 12.4 Å². The average molecular weight is 266 g/mol. The number of carbonyl (C=O) groups excluding carboxylic acids is 1. The van der Waals surface area contributed by atoms with Gasteiger partial charge in [0.2, 0.25) is 0 Å². The lowest BCUT2D eigenvalue weighted by Gasteiger charge is -2.10. The summed E-state index contributed by atoms with van der Waals surface area (Å²) in [5, 5.41) is 3.09. The van der Waals surface area contributed by atoms with Crippen LogP contribution in [0.4, 0.5) is 10.5 Å². The molecule has 2 amide bonds. The Morgan fingerprint density at radius 2 is 2.06 bits per heavy atom. The Hall–Kier alpha value is -2.28. The summed E-state index contributed by atoms with van der Waals surface area (Å²) in [6.45, 7) is 4.01. The third-order valence-electron chi connectivity index (χ3n) is 1.78. The lowest BCUT2D eigenvalue weighted by molar-refractivity contribution is 0.247. The maximum atomic E-state index is 10.4. The summed E-state index contributed by atoms with van der Waals surface area (Å²) in [7, 11) is 0. The molecule has 0 heterocycles. The number of nitrogens with two attached hydrogens (primary N) is 1. The molecule has 0 saturated carbocycles. The number of anilines is 1. The van der Waals surface area contributed by atoms with Crippen LogP contribution in [0.1, 0.15) is 0 Å². The van der Waals surface area contributed by atoms with Crippen LogP contribution in [-0.4, -0.2) is 17.8 Å². The minimum absolute atomic E-state index is 0.230. The fraction of sp³-hybridized carbons (Fsp3) is 0.0909. The van der Waals surface area contributed by atoms with Crippen molar-refractivity contribution in [1.29, 1.82) is 0 Å². The van der Waals surface area contributed by atoms with Crippen molar-refractivity contribution in [1.82, 2.24) is 10.9 Å². The highest BCUT2D eigenvalue weighted by Gasteiger charge is 1.98. The van der Waals surface area contributed by atoms with Gasteiger partial charge in [0.05, 0.1) is 0 Å². The molecular formula is C11H14N4O2S. The van der Waals surface area contributed by atoms with Crippen molar-refractivity contribution in [2.45, 2.75) is 0 Å². The molecule has 5 N–H and O–H groups in total. The molecule has 0 radical (unpaired) electrons. The predicted octanol–water partition coefficient (Wildman–Crippen LogP) is 1.12. The van der Waals surface area contributed by atoms with Crippen molar-refractivity contribution in [3.05, 3.63) is 36.9 Å². The lowest BCUT2D eigenvalue weighted by atomic mass is 10.3. The second-order valence-electron chi connectivity index (χ2n) is 3.19. The van der Waals surface area contributed by atoms with Gasteiger partial charge in [-0.3, -0.25) is 5.43 Å². The van der Waals surface area contributed by atoms with Gasteiger partial charge >= 0.3 is 6.03 Å². The van der Waals surface area contributed by atoms with Crippen LogP contribution in [0.5, 0.6) is 5.75 Å². The number of hydrogen-bond donors (Lipinski definition) is 4. The zero-order valence-electron chi connectivity index (χ0n) is 9.60. The molecule has 1 aromatic rings. The number of hydrazine groups is 1. The number of primary amides is 1. The molecular weight excluding hydrogens is 252 g/mol. The first-order valence-electron chi connectivity index (χ1n) is 5.08. The maximum absolute atomic E-state index is 10.4. The SMILES string of the molecule is C=CCOc1ccc(NC(=S)NNC(N)=O)cc1. The number of hydrogen-bond acceptors (Lipinski definition) is 3. The topological polar surface area (TPSA) is 88.4 Å². The number of carbonyl (C=O) groups is 1. The molecule has 0 aromatic heterocycles. The van der Waals surface area contributed by atoms with Crippen molar-refractivity contribution >= 4 is 29.0 Å². The number of ether oxygens (including phenoxy) is 1. The van der Waals surface area contributed by atoms with Crippen LogP contribution in [0.2, 0.25) is 0 Å². The summed E-state index contributed by atoms with van der Waals surface area (Å²) in [4.78, 5) is 10.4. The van der Waals surface area contributed by atoms with Gasteiger partial charge in [0.15, 0.2) is 5.11 Å². The van der Waals surface area contributed by atoms with Gasteiger partial charge in [0.25, 0.3) is 0 Å². The Morgan fingerprint density at radius 1 is 1.39 bits per heavy atom. The Bertz CT molecular complexity index is 433. The number of urea groups is 1. The molecule has 96 valence electrons. The monoisotopic (exact) mass is 266 g/mol. The molecule has 0 bridgehead atoms. The number of thiocarbonyl (C=S) groups is 1. The first-order valence-corrected chi connectivity index (χ1v) is 5.49. The van der Waals surface area contributed by atoms with Gasteiger partial charge in [-0.25, -0.2) is 10.2 Å². The molecule has 6 nitrogen and oxygen atoms in total. The lowest BCUT2D eigenvalue weighted by Crippen LogP contribution is -2.46. The van der Waals surface area contributed by atoms with Crippen LogP contribution in [0.15, 0.2) is 36.9 Å². The quantitative estimate of drug-likeness (QED) is 0.372. The molecule has 0 aliphatic carbocycles. The van der Waals surface area contributed by atoms with Crippen molar-refractivity contribution in [2.75, 3.05) is 11.9 Å². The fourth-order valence-corrected chi connectivity index (χ4v) is 1.24. The Labute approximate surface area is 110 Å². The minimum atomic E-state index is -0.715. The molecule has 1 rings (SSSR count). The molecule has 0 saturated heterocycles. The van der Waals surface area contributed by atoms with E-state index in [2.05, 4.69) is 22.7 Å². The van der Waals surface area contributed by atoms with Crippen LogP contribution in [-0.2, 0) is 0 Å². The predicted molar refractivity (Wildman–Crippen MR) is 74.2 cm³/mol. The van der Waals surface area contributed by atoms with Gasteiger partial charge < -0.3 is 15.8 Å². The van der Waals surface area contributed by atoms with Crippen LogP contribution in [0, 0.1) is 0 Å². The molecule has 0 unspecified atom stereocenters. The van der Waals surface area contributed by atoms with Gasteiger partial charge in [-0.05, 0) is 36.5 Å². The van der Waals surface area contributed by atoms with Crippen LogP contribution >= 0.6 is 12.2 Å². The molecule has 18 heavy (non-hydrogen) atoms. The maximum Gasteiger partial charge on any atom is 0.330 e. The number of nitrogens with one attached hydrogen (secondary N) is 3. The third kappa shape index (κ3) is 5.17. The largest absolute Gasteiger partial charge is 0.490 e. The number of amides is 2. The van der Waals surface area contributed by atoms with E-state index in [1.54, 1.807) is 30.3 Å². The third-order valence-corrected chi connectivity index (χ3v) is 1.98. The molecule has 1 aromatic carbocycles. The van der Waals surface area contributed by atoms with Crippen molar-refractivity contribution in [2.24, 2.45) is 5.73 Å². The van der Waals surface area contributed by atoms with Crippen LogP contribution in [0.25, 0.3) is 0 Å². The molecule has 0 aliphatic rings. The molecule has 7 heteroatoms. The summed E-state index contributed by atoms with van der Waals surface area (Å²) in [5.74, 6) is 0.731. The van der Waals surface area contributed by atoms with E-state index < -0.39 is 6.03 Å². The van der Waals surface area contributed by atoms with Gasteiger partial charge in [-0.2, -0.15) is 0 Å². The molecule has 0 spiro atoms. The van der Waals surface area contributed by atoms with E-state index in [0.717, 1.165) is 11.4 Å². The zero-order valence-corrected chi connectivity index (χ0v) is 10.4.